The van der Waals surface area contributed by atoms with Gasteiger partial charge in [-0.15, -0.1) is 0 Å². The summed E-state index contributed by atoms with van der Waals surface area (Å²) in [6.07, 6.45) is 15.9. The first-order valence-electron chi connectivity index (χ1n) is 21.7. The van der Waals surface area contributed by atoms with Crippen molar-refractivity contribution in [1.29, 1.82) is 0 Å². The largest absolute Gasteiger partial charge is 1.00 e. The average molecular weight is 770 g/mol. The van der Waals surface area contributed by atoms with E-state index in [4.69, 9.17) is 9.47 Å². The number of para-hydroxylation sites is 2. The first-order valence-corrected chi connectivity index (χ1v) is 21.7. The molecule has 14 atom stereocenters. The normalized spacial score (nSPS) is 46.8. The lowest BCUT2D eigenvalue weighted by molar-refractivity contribution is -0.943. The molecule has 288 valence electrons. The molecule has 12 unspecified atom stereocenters. The Kier molecular flexibility index (Phi) is 7.65. The van der Waals surface area contributed by atoms with Crippen molar-refractivity contribution >= 4 is 11.4 Å². The number of hydrogen-bond donors (Lipinski definition) is 0. The van der Waals surface area contributed by atoms with Crippen molar-refractivity contribution in [2.75, 3.05) is 62.3 Å². The van der Waals surface area contributed by atoms with E-state index in [0.29, 0.717) is 47.8 Å². The summed E-state index contributed by atoms with van der Waals surface area (Å²) in [6.45, 7) is 14.1. The number of fused-ring (bicyclic) bond motifs is 6. The van der Waals surface area contributed by atoms with Gasteiger partial charge in [-0.25, -0.2) is 0 Å². The molecular formula is C46H58Cl2N4O2. The third-order valence-electron chi connectivity index (χ3n) is 18.4. The van der Waals surface area contributed by atoms with E-state index < -0.39 is 0 Å². The molecule has 6 nitrogen and oxygen atoms in total. The molecule has 2 spiro atoms. The van der Waals surface area contributed by atoms with Gasteiger partial charge in [0.1, 0.15) is 37.6 Å². The summed E-state index contributed by atoms with van der Waals surface area (Å²) in [5.74, 6) is 1.97. The number of nitrogens with zero attached hydrogens (tertiary/aromatic N) is 4. The van der Waals surface area contributed by atoms with Crippen LogP contribution in [-0.2, 0) is 20.3 Å². The van der Waals surface area contributed by atoms with E-state index in [-0.39, 0.29) is 48.1 Å². The average Bonchev–Trinajstić information content (AvgIpc) is 3.79. The van der Waals surface area contributed by atoms with Gasteiger partial charge in [0.25, 0.3) is 0 Å². The summed E-state index contributed by atoms with van der Waals surface area (Å²) in [5, 5.41) is 0. The van der Waals surface area contributed by atoms with E-state index in [1.54, 1.807) is 22.3 Å². The molecule has 2 saturated carbocycles. The Balaban J connectivity index is 0.00000171. The molecule has 0 radical (unpaired) electrons. The smallest absolute Gasteiger partial charge is 0.136 e. The van der Waals surface area contributed by atoms with Crippen molar-refractivity contribution in [3.63, 3.8) is 0 Å². The fourth-order valence-corrected chi connectivity index (χ4v) is 17.0. The molecule has 9 heterocycles. The SMILES string of the molecule is CCCC[N@+]12CCC34c5ccccc5N5C6OCC=C7C[N@+]8(CCCC)CCC9%10c%11ccccc%11N(C%11OCC=C(C1)C(CC32)C%11C54)C9C6C7CC%108.[Cl-].[Cl-]. The lowest BCUT2D eigenvalue weighted by atomic mass is 9.52. The molecule has 8 heteroatoms. The Hall–Kier alpha value is -2.06. The topological polar surface area (TPSA) is 24.9 Å². The number of piperidine rings is 2. The number of hydrogen-bond acceptors (Lipinski definition) is 4. The summed E-state index contributed by atoms with van der Waals surface area (Å²) < 4.78 is 17.8. The van der Waals surface area contributed by atoms with E-state index in [2.05, 4.69) is 84.3 Å². The second kappa shape index (κ2) is 11.8. The summed E-state index contributed by atoms with van der Waals surface area (Å²) in [5.41, 5.74) is 10.1. The predicted octanol–water partition coefficient (Wildman–Crippen LogP) is 0.904. The predicted molar refractivity (Wildman–Crippen MR) is 204 cm³/mol. The quantitative estimate of drug-likeness (QED) is 0.323. The maximum absolute atomic E-state index is 7.59. The van der Waals surface area contributed by atoms with Crippen LogP contribution in [0, 0.1) is 23.7 Å². The first-order chi connectivity index (χ1) is 25.6. The van der Waals surface area contributed by atoms with Gasteiger partial charge in [0.15, 0.2) is 0 Å². The highest BCUT2D eigenvalue weighted by Gasteiger charge is 2.80. The van der Waals surface area contributed by atoms with E-state index in [1.165, 1.54) is 111 Å². The maximum atomic E-state index is 7.59. The van der Waals surface area contributed by atoms with Crippen LogP contribution in [0.4, 0.5) is 11.4 Å². The molecule has 0 amide bonds. The van der Waals surface area contributed by atoms with E-state index in [9.17, 15) is 0 Å². The van der Waals surface area contributed by atoms with Gasteiger partial charge in [-0.3, -0.25) is 0 Å². The van der Waals surface area contributed by atoms with E-state index in [1.807, 2.05) is 0 Å². The molecule has 9 aliphatic heterocycles. The highest BCUT2D eigenvalue weighted by atomic mass is 35.5. The molecule has 2 aromatic carbocycles. The van der Waals surface area contributed by atoms with Crippen LogP contribution in [0.1, 0.15) is 76.3 Å². The number of unbranched alkanes of at least 4 members (excludes halogenated alkanes) is 2. The zero-order chi connectivity index (χ0) is 34.2. The molecule has 54 heavy (non-hydrogen) atoms. The lowest BCUT2D eigenvalue weighted by Gasteiger charge is -2.65. The van der Waals surface area contributed by atoms with Gasteiger partial charge in [0.05, 0.1) is 62.3 Å². The third kappa shape index (κ3) is 3.78. The number of halogens is 2. The van der Waals surface area contributed by atoms with Gasteiger partial charge in [-0.1, -0.05) is 75.2 Å². The molecule has 0 aromatic heterocycles. The van der Waals surface area contributed by atoms with Crippen molar-refractivity contribution < 1.29 is 43.3 Å². The summed E-state index contributed by atoms with van der Waals surface area (Å²) >= 11 is 0. The molecular weight excluding hydrogens is 711 g/mol. The zero-order valence-corrected chi connectivity index (χ0v) is 33.7. The van der Waals surface area contributed by atoms with Gasteiger partial charge in [0.2, 0.25) is 0 Å². The highest BCUT2D eigenvalue weighted by Crippen LogP contribution is 2.72. The van der Waals surface area contributed by atoms with Gasteiger partial charge < -0.3 is 53.1 Å². The van der Waals surface area contributed by atoms with Crippen molar-refractivity contribution in [2.24, 2.45) is 23.7 Å². The van der Waals surface area contributed by atoms with Gasteiger partial charge in [-0.2, -0.15) is 0 Å². The summed E-state index contributed by atoms with van der Waals surface area (Å²) in [4.78, 5) is 6.06. The Morgan fingerprint density at radius 1 is 0.648 bits per heavy atom. The van der Waals surface area contributed by atoms with E-state index in [0.717, 1.165) is 13.2 Å². The summed E-state index contributed by atoms with van der Waals surface area (Å²) in [7, 11) is 0. The number of ether oxygens (including phenoxy) is 2. The minimum absolute atomic E-state index is 0. The molecule has 4 bridgehead atoms. The van der Waals surface area contributed by atoms with Crippen LogP contribution in [-0.4, -0.2) is 98.1 Å². The minimum atomic E-state index is 0. The first kappa shape index (κ1) is 35.1. The van der Waals surface area contributed by atoms with Crippen LogP contribution in [0.25, 0.3) is 0 Å². The molecule has 13 rings (SSSR count). The molecule has 5 saturated heterocycles. The van der Waals surface area contributed by atoms with Crippen molar-refractivity contribution in [1.82, 2.24) is 0 Å². The Labute approximate surface area is 334 Å². The number of anilines is 2. The fraction of sp³-hybridized carbons (Fsp3) is 0.652. The van der Waals surface area contributed by atoms with Crippen LogP contribution in [0.15, 0.2) is 71.8 Å². The fourth-order valence-electron chi connectivity index (χ4n) is 17.0. The molecule has 2 aliphatic carbocycles. The third-order valence-corrected chi connectivity index (χ3v) is 18.4. The minimum Gasteiger partial charge on any atom is -1.00 e. The van der Waals surface area contributed by atoms with Crippen LogP contribution in [0.5, 0.6) is 0 Å². The van der Waals surface area contributed by atoms with Gasteiger partial charge in [-0.05, 0) is 47.2 Å². The van der Waals surface area contributed by atoms with Crippen molar-refractivity contribution in [3.8, 4) is 0 Å². The van der Waals surface area contributed by atoms with Crippen LogP contribution in [0.3, 0.4) is 0 Å². The lowest BCUT2D eigenvalue weighted by Crippen LogP contribution is -3.00. The van der Waals surface area contributed by atoms with Gasteiger partial charge >= 0.3 is 0 Å². The Morgan fingerprint density at radius 3 is 1.54 bits per heavy atom. The van der Waals surface area contributed by atoms with Crippen LogP contribution < -0.4 is 34.6 Å². The number of rotatable bonds is 6. The Bertz CT molecular complexity index is 1820. The Morgan fingerprint density at radius 2 is 1.09 bits per heavy atom. The summed E-state index contributed by atoms with van der Waals surface area (Å²) in [6, 6.07) is 21.8. The standard InChI is InChI=1S/C46H58N4O2.2ClH/c1-3-5-19-49-21-17-45-33-11-7-9-13-35(33)47-41(45)39-31(25-37(45)49)29(27-49)15-23-51-43(39)48-36-14-10-8-12-34(36)46-18-22-50(20-6-4-2)28-30-16-24-52-44(47)40(42(46)48)32(30)26-38(46)50;;/h7-16,31-32,37-44H,3-6,17-28H2,1-2H3;2*1H/q+2;;/p-2/t31?,32?,37?,38?,39?,40?,41?,42?,43?,44?,45?,46?,49-,50-;;/m0../s1. The second-order valence-corrected chi connectivity index (χ2v) is 19.6. The van der Waals surface area contributed by atoms with Crippen LogP contribution >= 0.6 is 0 Å². The van der Waals surface area contributed by atoms with Gasteiger partial charge in [0, 0.05) is 60.7 Å². The van der Waals surface area contributed by atoms with Crippen LogP contribution in [0.2, 0.25) is 0 Å². The molecule has 11 aliphatic rings. The number of benzene rings is 2. The van der Waals surface area contributed by atoms with Crippen molar-refractivity contribution in [3.05, 3.63) is 83.0 Å². The zero-order valence-electron chi connectivity index (χ0n) is 32.2. The monoisotopic (exact) mass is 768 g/mol. The molecule has 0 N–H and O–H groups in total. The number of quaternary nitrogens is 2. The highest BCUT2D eigenvalue weighted by molar-refractivity contribution is 5.72. The molecule has 2 aromatic rings. The molecule has 7 fully saturated rings. The van der Waals surface area contributed by atoms with Crippen molar-refractivity contribution in [2.45, 2.75) is 113 Å². The maximum Gasteiger partial charge on any atom is 0.136 e. The van der Waals surface area contributed by atoms with E-state index >= 15 is 0 Å². The second-order valence-electron chi connectivity index (χ2n) is 19.6.